The number of aromatic nitrogens is 2. The van der Waals surface area contributed by atoms with Gasteiger partial charge in [0.05, 0.1) is 3.57 Å². The van der Waals surface area contributed by atoms with Crippen LogP contribution in [0.2, 0.25) is 5.15 Å². The first kappa shape index (κ1) is 11.8. The van der Waals surface area contributed by atoms with Crippen molar-refractivity contribution in [3.63, 3.8) is 0 Å². The van der Waals surface area contributed by atoms with Gasteiger partial charge in [0, 0.05) is 12.6 Å². The molecule has 0 saturated heterocycles. The van der Waals surface area contributed by atoms with Gasteiger partial charge in [0.15, 0.2) is 0 Å². The maximum Gasteiger partial charge on any atom is 0.146 e. The average molecular weight is 345 g/mol. The van der Waals surface area contributed by atoms with Gasteiger partial charge < -0.3 is 0 Å². The van der Waals surface area contributed by atoms with Gasteiger partial charge in [0.1, 0.15) is 11.0 Å². The quantitative estimate of drug-likeness (QED) is 0.614. The fourth-order valence-electron chi connectivity index (χ4n) is 1.44. The van der Waals surface area contributed by atoms with Gasteiger partial charge in [-0.3, -0.25) is 0 Å². The Bertz CT molecular complexity index is 514. The maximum absolute atomic E-state index is 5.96. The molecule has 1 heterocycles. The second-order valence-corrected chi connectivity index (χ2v) is 5.05. The van der Waals surface area contributed by atoms with Crippen molar-refractivity contribution < 1.29 is 0 Å². The second kappa shape index (κ2) is 5.10. The molecule has 0 N–H and O–H groups in total. The van der Waals surface area contributed by atoms with Crippen LogP contribution in [0.1, 0.15) is 17.0 Å². The van der Waals surface area contributed by atoms with Gasteiger partial charge in [0.25, 0.3) is 0 Å². The number of halogens is 2. The van der Waals surface area contributed by atoms with E-state index >= 15 is 0 Å². The van der Waals surface area contributed by atoms with Gasteiger partial charge >= 0.3 is 0 Å². The molecule has 0 unspecified atom stereocenters. The molecule has 0 aliphatic rings. The number of aryl methyl sites for hydroxylation is 1. The first-order valence-electron chi connectivity index (χ1n) is 4.88. The standard InChI is InChI=1S/C12H10ClIN2/c1-8-4-2-3-5-9(8)6-11-15-7-10(14)12(13)16-11/h2-5,7H,6H2,1H3. The highest BCUT2D eigenvalue weighted by molar-refractivity contribution is 14.1. The Labute approximate surface area is 113 Å². The van der Waals surface area contributed by atoms with Crippen LogP contribution in [-0.4, -0.2) is 9.97 Å². The average Bonchev–Trinajstić information content (AvgIpc) is 2.27. The lowest BCUT2D eigenvalue weighted by Gasteiger charge is -2.04. The van der Waals surface area contributed by atoms with E-state index in [4.69, 9.17) is 11.6 Å². The summed E-state index contributed by atoms with van der Waals surface area (Å²) in [5.74, 6) is 0.764. The summed E-state index contributed by atoms with van der Waals surface area (Å²) >= 11 is 8.08. The van der Waals surface area contributed by atoms with Gasteiger partial charge in [-0.1, -0.05) is 35.9 Å². The molecule has 1 aromatic carbocycles. The molecule has 1 aromatic heterocycles. The smallest absolute Gasteiger partial charge is 0.146 e. The lowest BCUT2D eigenvalue weighted by molar-refractivity contribution is 0.954. The number of nitrogens with zero attached hydrogens (tertiary/aromatic N) is 2. The van der Waals surface area contributed by atoms with Gasteiger partial charge in [-0.25, -0.2) is 9.97 Å². The van der Waals surface area contributed by atoms with Gasteiger partial charge in [-0.15, -0.1) is 0 Å². The van der Waals surface area contributed by atoms with Crippen LogP contribution in [0.3, 0.4) is 0 Å². The largest absolute Gasteiger partial charge is 0.240 e. The molecule has 82 valence electrons. The summed E-state index contributed by atoms with van der Waals surface area (Å²) < 4.78 is 0.882. The van der Waals surface area contributed by atoms with Crippen LogP contribution in [0, 0.1) is 10.5 Å². The van der Waals surface area contributed by atoms with Crippen molar-refractivity contribution in [2.24, 2.45) is 0 Å². The molecule has 0 bridgehead atoms. The monoisotopic (exact) mass is 344 g/mol. The molecule has 2 rings (SSSR count). The van der Waals surface area contributed by atoms with Crippen LogP contribution in [0.15, 0.2) is 30.5 Å². The summed E-state index contributed by atoms with van der Waals surface area (Å²) in [6, 6.07) is 8.23. The van der Waals surface area contributed by atoms with Crippen LogP contribution in [0.25, 0.3) is 0 Å². The van der Waals surface area contributed by atoms with Gasteiger partial charge in [0.2, 0.25) is 0 Å². The maximum atomic E-state index is 5.96. The molecular formula is C12H10ClIN2. The molecule has 0 radical (unpaired) electrons. The molecule has 0 aliphatic carbocycles. The van der Waals surface area contributed by atoms with Crippen LogP contribution >= 0.6 is 34.2 Å². The third-order valence-corrected chi connectivity index (χ3v) is 3.76. The van der Waals surface area contributed by atoms with E-state index in [0.717, 1.165) is 15.8 Å². The zero-order valence-electron chi connectivity index (χ0n) is 8.74. The summed E-state index contributed by atoms with van der Waals surface area (Å²) in [6.07, 6.45) is 2.48. The minimum absolute atomic E-state index is 0.527. The summed E-state index contributed by atoms with van der Waals surface area (Å²) in [7, 11) is 0. The predicted molar refractivity (Wildman–Crippen MR) is 73.7 cm³/mol. The molecule has 2 nitrogen and oxygen atoms in total. The SMILES string of the molecule is Cc1ccccc1Cc1ncc(I)c(Cl)n1. The Morgan fingerprint density at radius 3 is 2.75 bits per heavy atom. The minimum atomic E-state index is 0.527. The Hall–Kier alpha value is -0.680. The van der Waals surface area contributed by atoms with Gasteiger partial charge in [-0.05, 0) is 40.6 Å². The van der Waals surface area contributed by atoms with Crippen molar-refractivity contribution in [3.05, 3.63) is 56.1 Å². The molecule has 0 atom stereocenters. The minimum Gasteiger partial charge on any atom is -0.240 e. The number of hydrogen-bond donors (Lipinski definition) is 0. The van der Waals surface area contributed by atoms with E-state index < -0.39 is 0 Å². The van der Waals surface area contributed by atoms with Crippen molar-refractivity contribution in [2.45, 2.75) is 13.3 Å². The summed E-state index contributed by atoms with van der Waals surface area (Å²) in [5.41, 5.74) is 2.49. The Morgan fingerprint density at radius 1 is 1.31 bits per heavy atom. The molecule has 16 heavy (non-hydrogen) atoms. The molecule has 0 spiro atoms. The van der Waals surface area contributed by atoms with E-state index in [0.29, 0.717) is 5.15 Å². The Kier molecular flexibility index (Phi) is 3.76. The molecular weight excluding hydrogens is 335 g/mol. The molecule has 2 aromatic rings. The number of rotatable bonds is 2. The van der Waals surface area contributed by atoms with Crippen molar-refractivity contribution in [3.8, 4) is 0 Å². The molecule has 0 amide bonds. The highest BCUT2D eigenvalue weighted by Gasteiger charge is 2.05. The highest BCUT2D eigenvalue weighted by atomic mass is 127. The fraction of sp³-hybridized carbons (Fsp3) is 0.167. The van der Waals surface area contributed by atoms with Gasteiger partial charge in [-0.2, -0.15) is 0 Å². The highest BCUT2D eigenvalue weighted by Crippen LogP contribution is 2.16. The van der Waals surface area contributed by atoms with Crippen molar-refractivity contribution in [1.82, 2.24) is 9.97 Å². The second-order valence-electron chi connectivity index (χ2n) is 3.53. The molecule has 0 fully saturated rings. The first-order valence-corrected chi connectivity index (χ1v) is 6.34. The van der Waals surface area contributed by atoms with Crippen LogP contribution < -0.4 is 0 Å². The lowest BCUT2D eigenvalue weighted by Crippen LogP contribution is -1.99. The van der Waals surface area contributed by atoms with E-state index in [1.807, 2.05) is 12.1 Å². The predicted octanol–water partition coefficient (Wildman–Crippen LogP) is 3.63. The number of benzene rings is 1. The first-order chi connectivity index (χ1) is 7.66. The van der Waals surface area contributed by atoms with E-state index in [2.05, 4.69) is 51.6 Å². The summed E-state index contributed by atoms with van der Waals surface area (Å²) in [5, 5.41) is 0.527. The van der Waals surface area contributed by atoms with E-state index in [1.165, 1.54) is 11.1 Å². The summed E-state index contributed by atoms with van der Waals surface area (Å²) in [6.45, 7) is 2.09. The molecule has 0 saturated carbocycles. The Balaban J connectivity index is 2.28. The van der Waals surface area contributed by atoms with E-state index in [-0.39, 0.29) is 0 Å². The van der Waals surface area contributed by atoms with Crippen molar-refractivity contribution >= 4 is 34.2 Å². The normalized spacial score (nSPS) is 10.4. The van der Waals surface area contributed by atoms with Crippen molar-refractivity contribution in [2.75, 3.05) is 0 Å². The zero-order chi connectivity index (χ0) is 11.5. The fourth-order valence-corrected chi connectivity index (χ4v) is 1.85. The third-order valence-electron chi connectivity index (χ3n) is 2.36. The summed E-state index contributed by atoms with van der Waals surface area (Å²) in [4.78, 5) is 8.53. The van der Waals surface area contributed by atoms with E-state index in [9.17, 15) is 0 Å². The Morgan fingerprint density at radius 2 is 2.06 bits per heavy atom. The molecule has 0 aliphatic heterocycles. The number of hydrogen-bond acceptors (Lipinski definition) is 2. The van der Waals surface area contributed by atoms with Crippen LogP contribution in [0.5, 0.6) is 0 Å². The van der Waals surface area contributed by atoms with Crippen LogP contribution in [0.4, 0.5) is 0 Å². The molecule has 4 heteroatoms. The van der Waals surface area contributed by atoms with Crippen molar-refractivity contribution in [1.29, 1.82) is 0 Å². The zero-order valence-corrected chi connectivity index (χ0v) is 11.7. The third kappa shape index (κ3) is 2.71. The topological polar surface area (TPSA) is 25.8 Å². The lowest BCUT2D eigenvalue weighted by atomic mass is 10.1. The van der Waals surface area contributed by atoms with Crippen LogP contribution in [-0.2, 0) is 6.42 Å². The van der Waals surface area contributed by atoms with E-state index in [1.54, 1.807) is 6.20 Å².